The molecule has 2 aromatic heterocycles. The number of β-lactam (4-membered cyclic amide) rings is 1. The summed E-state index contributed by atoms with van der Waals surface area (Å²) < 4.78 is 21.9. The lowest BCUT2D eigenvalue weighted by atomic mass is 9.89. The summed E-state index contributed by atoms with van der Waals surface area (Å²) in [5, 5.41) is 17.0. The Morgan fingerprint density at radius 2 is 1.02 bits per heavy atom. The minimum Gasteiger partial charge on any atom is -0.487 e. The van der Waals surface area contributed by atoms with E-state index in [2.05, 4.69) is 44.9 Å². The van der Waals surface area contributed by atoms with Crippen LogP contribution in [0.15, 0.2) is 152 Å². The Kier molecular flexibility index (Phi) is 9.37. The molecule has 2 atom stereocenters. The second kappa shape index (κ2) is 15.0. The van der Waals surface area contributed by atoms with Gasteiger partial charge in [-0.2, -0.15) is 0 Å². The van der Waals surface area contributed by atoms with Crippen LogP contribution in [0.4, 0.5) is 5.69 Å². The highest BCUT2D eigenvalue weighted by Gasteiger charge is 2.51. The van der Waals surface area contributed by atoms with Crippen molar-refractivity contribution in [1.82, 2.24) is 30.0 Å². The molecule has 1 aliphatic heterocycles. The molecule has 52 heavy (non-hydrogen) atoms. The van der Waals surface area contributed by atoms with Crippen molar-refractivity contribution in [1.29, 1.82) is 0 Å². The number of carbonyl (C=O) groups is 1. The standard InChI is InChI=1S/C41H35N7O4/c49-41-40(52-38-14-8-3-9-15-38)39(32-16-20-36(21-17-32)50-28-33-26-46(44-42-33)24-30-10-4-1-5-11-30)48(41)35-18-22-37(23-19-35)51-29-34-27-47(45-43-34)25-31-12-6-2-7-13-31/h1-23,26-27,39-40H,24-25,28-29H2/t39-,40+/m1/s1. The molecule has 0 spiro atoms. The summed E-state index contributed by atoms with van der Waals surface area (Å²) in [6.07, 6.45) is 3.08. The molecule has 0 bridgehead atoms. The molecular formula is C41H35N7O4. The predicted molar refractivity (Wildman–Crippen MR) is 194 cm³/mol. The average Bonchev–Trinajstić information content (AvgIpc) is 3.85. The molecule has 0 radical (unpaired) electrons. The molecule has 1 amide bonds. The number of carbonyl (C=O) groups excluding carboxylic acids is 1. The number of rotatable bonds is 14. The molecule has 0 saturated carbocycles. The largest absolute Gasteiger partial charge is 0.487 e. The van der Waals surface area contributed by atoms with Crippen molar-refractivity contribution in [2.45, 2.75) is 38.4 Å². The van der Waals surface area contributed by atoms with Gasteiger partial charge in [0, 0.05) is 5.69 Å². The second-order valence-electron chi connectivity index (χ2n) is 12.4. The molecule has 1 fully saturated rings. The maximum absolute atomic E-state index is 13.6. The third kappa shape index (κ3) is 7.53. The first kappa shape index (κ1) is 32.5. The van der Waals surface area contributed by atoms with E-state index in [-0.39, 0.29) is 25.2 Å². The fourth-order valence-electron chi connectivity index (χ4n) is 6.12. The van der Waals surface area contributed by atoms with E-state index in [0.29, 0.717) is 30.3 Å². The quantitative estimate of drug-likeness (QED) is 0.117. The highest BCUT2D eigenvalue weighted by molar-refractivity contribution is 6.05. The first-order valence-electron chi connectivity index (χ1n) is 17.0. The van der Waals surface area contributed by atoms with E-state index < -0.39 is 6.10 Å². The van der Waals surface area contributed by atoms with E-state index in [0.717, 1.165) is 33.8 Å². The highest BCUT2D eigenvalue weighted by atomic mass is 16.5. The zero-order valence-corrected chi connectivity index (χ0v) is 28.2. The molecule has 1 aliphatic rings. The van der Waals surface area contributed by atoms with Crippen molar-refractivity contribution in [3.05, 3.63) is 180 Å². The lowest BCUT2D eigenvalue weighted by molar-refractivity contribution is -0.135. The summed E-state index contributed by atoms with van der Waals surface area (Å²) in [7, 11) is 0. The van der Waals surface area contributed by atoms with Gasteiger partial charge < -0.3 is 14.2 Å². The van der Waals surface area contributed by atoms with E-state index in [1.807, 2.05) is 128 Å². The fourth-order valence-corrected chi connectivity index (χ4v) is 6.12. The first-order valence-corrected chi connectivity index (χ1v) is 17.0. The number of anilines is 1. The molecule has 11 nitrogen and oxygen atoms in total. The van der Waals surface area contributed by atoms with E-state index in [1.54, 1.807) is 14.3 Å². The van der Waals surface area contributed by atoms with Gasteiger partial charge in [-0.15, -0.1) is 10.2 Å². The Morgan fingerprint density at radius 1 is 0.538 bits per heavy atom. The summed E-state index contributed by atoms with van der Waals surface area (Å²) in [4.78, 5) is 15.4. The number of amides is 1. The third-order valence-electron chi connectivity index (χ3n) is 8.71. The van der Waals surface area contributed by atoms with Crippen molar-refractivity contribution in [2.75, 3.05) is 4.90 Å². The van der Waals surface area contributed by atoms with Crippen molar-refractivity contribution in [3.63, 3.8) is 0 Å². The zero-order chi connectivity index (χ0) is 35.1. The van der Waals surface area contributed by atoms with Gasteiger partial charge in [0.05, 0.1) is 25.5 Å². The van der Waals surface area contributed by atoms with Crippen LogP contribution >= 0.6 is 0 Å². The number of aromatic nitrogens is 6. The molecular weight excluding hydrogens is 654 g/mol. The number of hydrogen-bond acceptors (Lipinski definition) is 8. The lowest BCUT2D eigenvalue weighted by Gasteiger charge is -2.46. The fraction of sp³-hybridized carbons (Fsp3) is 0.146. The molecule has 11 heteroatoms. The summed E-state index contributed by atoms with van der Waals surface area (Å²) in [6, 6.07) is 44.5. The van der Waals surface area contributed by atoms with E-state index in [4.69, 9.17) is 14.2 Å². The van der Waals surface area contributed by atoms with Gasteiger partial charge in [-0.1, -0.05) is 101 Å². The normalized spacial score (nSPS) is 15.2. The summed E-state index contributed by atoms with van der Waals surface area (Å²) >= 11 is 0. The van der Waals surface area contributed by atoms with E-state index in [9.17, 15) is 4.79 Å². The van der Waals surface area contributed by atoms with Crippen LogP contribution in [0.1, 0.15) is 34.1 Å². The van der Waals surface area contributed by atoms with Gasteiger partial charge in [0.1, 0.15) is 47.9 Å². The maximum atomic E-state index is 13.6. The van der Waals surface area contributed by atoms with Gasteiger partial charge >= 0.3 is 0 Å². The smallest absolute Gasteiger partial charge is 0.271 e. The van der Waals surface area contributed by atoms with Crippen molar-refractivity contribution >= 4 is 11.6 Å². The minimum atomic E-state index is -0.691. The van der Waals surface area contributed by atoms with Crippen molar-refractivity contribution < 1.29 is 19.0 Å². The van der Waals surface area contributed by atoms with Crippen LogP contribution in [0.2, 0.25) is 0 Å². The number of para-hydroxylation sites is 1. The van der Waals surface area contributed by atoms with Gasteiger partial charge in [0.15, 0.2) is 0 Å². The Morgan fingerprint density at radius 3 is 1.54 bits per heavy atom. The molecule has 3 heterocycles. The lowest BCUT2D eigenvalue weighted by Crippen LogP contribution is -2.61. The Labute approximate surface area is 300 Å². The monoisotopic (exact) mass is 689 g/mol. The molecule has 0 N–H and O–H groups in total. The summed E-state index contributed by atoms with van der Waals surface area (Å²) in [5.41, 5.74) is 5.40. The number of hydrogen-bond donors (Lipinski definition) is 0. The first-order chi connectivity index (χ1) is 25.6. The molecule has 7 aromatic rings. The maximum Gasteiger partial charge on any atom is 0.271 e. The van der Waals surface area contributed by atoms with Crippen LogP contribution in [0.25, 0.3) is 0 Å². The van der Waals surface area contributed by atoms with Gasteiger partial charge in [-0.05, 0) is 65.2 Å². The topological polar surface area (TPSA) is 109 Å². The molecule has 0 unspecified atom stereocenters. The highest BCUT2D eigenvalue weighted by Crippen LogP contribution is 2.42. The van der Waals surface area contributed by atoms with Crippen molar-refractivity contribution in [3.8, 4) is 17.2 Å². The summed E-state index contributed by atoms with van der Waals surface area (Å²) in [6.45, 7) is 1.83. The van der Waals surface area contributed by atoms with Gasteiger partial charge in [-0.3, -0.25) is 9.69 Å². The Bertz CT molecular complexity index is 2210. The van der Waals surface area contributed by atoms with E-state index in [1.165, 1.54) is 0 Å². The average molecular weight is 690 g/mol. The van der Waals surface area contributed by atoms with Crippen LogP contribution in [0.3, 0.4) is 0 Å². The van der Waals surface area contributed by atoms with Crippen LogP contribution in [0, 0.1) is 0 Å². The van der Waals surface area contributed by atoms with E-state index >= 15 is 0 Å². The molecule has 1 saturated heterocycles. The molecule has 258 valence electrons. The van der Waals surface area contributed by atoms with Crippen LogP contribution in [0.5, 0.6) is 17.2 Å². The number of nitrogens with zero attached hydrogens (tertiary/aromatic N) is 7. The zero-order valence-electron chi connectivity index (χ0n) is 28.2. The third-order valence-corrected chi connectivity index (χ3v) is 8.71. The van der Waals surface area contributed by atoms with Gasteiger partial charge in [0.2, 0.25) is 6.10 Å². The van der Waals surface area contributed by atoms with Crippen LogP contribution in [-0.2, 0) is 31.1 Å². The van der Waals surface area contributed by atoms with Crippen LogP contribution in [-0.4, -0.2) is 42.0 Å². The molecule has 5 aromatic carbocycles. The van der Waals surface area contributed by atoms with Crippen LogP contribution < -0.4 is 19.1 Å². The number of benzene rings is 5. The molecule has 8 rings (SSSR count). The van der Waals surface area contributed by atoms with Gasteiger partial charge in [-0.25, -0.2) is 9.36 Å². The SMILES string of the molecule is O=C1[C@@H](Oc2ccccc2)[C@@H](c2ccc(OCc3cn(Cc4ccccc4)nn3)cc2)N1c1ccc(OCc2cn(Cc3ccccc3)nn2)cc1. The Hall–Kier alpha value is -6.75. The molecule has 0 aliphatic carbocycles. The summed E-state index contributed by atoms with van der Waals surface area (Å²) in [5.74, 6) is 1.84. The minimum absolute atomic E-state index is 0.128. The Balaban J connectivity index is 0.923. The van der Waals surface area contributed by atoms with Crippen molar-refractivity contribution in [2.24, 2.45) is 0 Å². The number of ether oxygens (including phenoxy) is 3. The van der Waals surface area contributed by atoms with Gasteiger partial charge in [0.25, 0.3) is 5.91 Å². The predicted octanol–water partition coefficient (Wildman–Crippen LogP) is 6.66. The second-order valence-corrected chi connectivity index (χ2v) is 12.4.